The van der Waals surface area contributed by atoms with Crippen molar-refractivity contribution in [3.8, 4) is 0 Å². The van der Waals surface area contributed by atoms with Crippen LogP contribution in [0, 0.1) is 0 Å². The Morgan fingerprint density at radius 2 is 2.10 bits per heavy atom. The first-order chi connectivity index (χ1) is 9.80. The molecule has 0 aliphatic rings. The number of anilines is 1. The van der Waals surface area contributed by atoms with Gasteiger partial charge in [-0.15, -0.1) is 11.3 Å². The van der Waals surface area contributed by atoms with Crippen LogP contribution in [0.3, 0.4) is 0 Å². The molecular formula is C15H23N3OS. The first-order valence-electron chi connectivity index (χ1n) is 7.40. The van der Waals surface area contributed by atoms with Crippen LogP contribution in [0.2, 0.25) is 0 Å². The van der Waals surface area contributed by atoms with Gasteiger partial charge in [0.15, 0.2) is 5.82 Å². The lowest BCUT2D eigenvalue weighted by Crippen LogP contribution is -2.11. The predicted octanol–water partition coefficient (Wildman–Crippen LogP) is 4.39. The van der Waals surface area contributed by atoms with Gasteiger partial charge in [-0.25, -0.2) is 9.97 Å². The van der Waals surface area contributed by atoms with E-state index in [1.807, 2.05) is 6.92 Å². The number of ether oxygens (including phenoxy) is 1. The largest absolute Gasteiger partial charge is 0.371 e. The van der Waals surface area contributed by atoms with Crippen molar-refractivity contribution >= 4 is 27.4 Å². The summed E-state index contributed by atoms with van der Waals surface area (Å²) >= 11 is 1.66. The van der Waals surface area contributed by atoms with Gasteiger partial charge in [-0.3, -0.25) is 0 Å². The summed E-state index contributed by atoms with van der Waals surface area (Å²) < 4.78 is 5.81. The molecular weight excluding hydrogens is 270 g/mol. The van der Waals surface area contributed by atoms with Crippen molar-refractivity contribution in [3.05, 3.63) is 17.3 Å². The van der Waals surface area contributed by atoms with Crippen molar-refractivity contribution in [1.29, 1.82) is 0 Å². The minimum Gasteiger partial charge on any atom is -0.371 e. The molecule has 0 bridgehead atoms. The van der Waals surface area contributed by atoms with E-state index in [-0.39, 0.29) is 6.10 Å². The molecule has 1 unspecified atom stereocenters. The summed E-state index contributed by atoms with van der Waals surface area (Å²) in [6, 6.07) is 2.08. The number of nitrogens with one attached hydrogen (secondary N) is 1. The van der Waals surface area contributed by atoms with Gasteiger partial charge in [0.25, 0.3) is 0 Å². The maximum atomic E-state index is 5.81. The molecule has 0 aliphatic heterocycles. The zero-order chi connectivity index (χ0) is 14.4. The zero-order valence-corrected chi connectivity index (χ0v) is 13.3. The summed E-state index contributed by atoms with van der Waals surface area (Å²) in [5.41, 5.74) is 0. The molecule has 0 amide bonds. The summed E-state index contributed by atoms with van der Waals surface area (Å²) in [6.07, 6.45) is 3.10. The number of fused-ring (bicyclic) bond motifs is 1. The molecule has 0 saturated heterocycles. The zero-order valence-electron chi connectivity index (χ0n) is 12.5. The topological polar surface area (TPSA) is 47.0 Å². The number of thiophene rings is 1. The fourth-order valence-electron chi connectivity index (χ4n) is 2.14. The third-order valence-corrected chi connectivity index (χ3v) is 3.90. The summed E-state index contributed by atoms with van der Waals surface area (Å²) in [4.78, 5) is 10.4. The van der Waals surface area contributed by atoms with E-state index < -0.39 is 0 Å². The second-order valence-corrected chi connectivity index (χ2v) is 5.62. The van der Waals surface area contributed by atoms with Crippen molar-refractivity contribution in [2.75, 3.05) is 18.5 Å². The average Bonchev–Trinajstić information content (AvgIpc) is 2.92. The first-order valence-corrected chi connectivity index (χ1v) is 8.28. The Bertz CT molecular complexity index is 535. The molecule has 0 spiro atoms. The molecule has 5 heteroatoms. The third-order valence-electron chi connectivity index (χ3n) is 3.09. The maximum absolute atomic E-state index is 5.81. The molecule has 0 fully saturated rings. The van der Waals surface area contributed by atoms with E-state index in [9.17, 15) is 0 Å². The quantitative estimate of drug-likeness (QED) is 0.784. The molecule has 0 radical (unpaired) electrons. The van der Waals surface area contributed by atoms with E-state index in [1.165, 1.54) is 0 Å². The van der Waals surface area contributed by atoms with E-state index in [0.717, 1.165) is 47.7 Å². The molecule has 2 heterocycles. The lowest BCUT2D eigenvalue weighted by molar-refractivity contribution is 0.0497. The second-order valence-electron chi connectivity index (χ2n) is 4.73. The second kappa shape index (κ2) is 7.55. The highest BCUT2D eigenvalue weighted by molar-refractivity contribution is 7.16. The Morgan fingerprint density at radius 1 is 1.25 bits per heavy atom. The first kappa shape index (κ1) is 15.2. The third kappa shape index (κ3) is 3.46. The summed E-state index contributed by atoms with van der Waals surface area (Å²) in [5.74, 6) is 1.75. The molecule has 0 aliphatic carbocycles. The smallest absolute Gasteiger partial charge is 0.161 e. The summed E-state index contributed by atoms with van der Waals surface area (Å²) in [7, 11) is 0. The van der Waals surface area contributed by atoms with Crippen molar-refractivity contribution in [1.82, 2.24) is 9.97 Å². The van der Waals surface area contributed by atoms with E-state index in [1.54, 1.807) is 11.3 Å². The number of rotatable bonds is 8. The standard InChI is InChI=1S/C15H23N3OS/c1-4-7-12(19-6-3)14-17-13(16-9-5-2)11-8-10-20-15(11)18-14/h8,10,12H,4-7,9H2,1-3H3,(H,16,17,18). The van der Waals surface area contributed by atoms with Gasteiger partial charge in [0, 0.05) is 13.2 Å². The maximum Gasteiger partial charge on any atom is 0.161 e. The Kier molecular flexibility index (Phi) is 5.73. The van der Waals surface area contributed by atoms with Crippen LogP contribution in [-0.2, 0) is 4.74 Å². The predicted molar refractivity (Wildman–Crippen MR) is 85.5 cm³/mol. The van der Waals surface area contributed by atoms with Crippen molar-refractivity contribution in [3.63, 3.8) is 0 Å². The van der Waals surface area contributed by atoms with Gasteiger partial charge in [0.1, 0.15) is 16.8 Å². The molecule has 0 aromatic carbocycles. The molecule has 110 valence electrons. The minimum absolute atomic E-state index is 0.00123. The minimum atomic E-state index is -0.00123. The highest BCUT2D eigenvalue weighted by atomic mass is 32.1. The lowest BCUT2D eigenvalue weighted by Gasteiger charge is -2.16. The molecule has 2 aromatic rings. The Hall–Kier alpha value is -1.20. The summed E-state index contributed by atoms with van der Waals surface area (Å²) in [6.45, 7) is 7.94. The summed E-state index contributed by atoms with van der Waals surface area (Å²) in [5, 5.41) is 6.58. The number of aromatic nitrogens is 2. The molecule has 4 nitrogen and oxygen atoms in total. The van der Waals surface area contributed by atoms with Crippen LogP contribution in [0.15, 0.2) is 11.4 Å². The molecule has 2 aromatic heterocycles. The van der Waals surface area contributed by atoms with Crippen molar-refractivity contribution < 1.29 is 4.74 Å². The Morgan fingerprint density at radius 3 is 2.80 bits per heavy atom. The highest BCUT2D eigenvalue weighted by Crippen LogP contribution is 2.29. The van der Waals surface area contributed by atoms with E-state index in [4.69, 9.17) is 9.72 Å². The van der Waals surface area contributed by atoms with Crippen molar-refractivity contribution in [2.24, 2.45) is 0 Å². The fourth-order valence-corrected chi connectivity index (χ4v) is 2.92. The van der Waals surface area contributed by atoms with Gasteiger partial charge in [-0.05, 0) is 31.2 Å². The molecule has 0 saturated carbocycles. The van der Waals surface area contributed by atoms with E-state index in [0.29, 0.717) is 6.61 Å². The molecule has 2 rings (SSSR count). The van der Waals surface area contributed by atoms with Crippen LogP contribution in [0.4, 0.5) is 5.82 Å². The Balaban J connectivity index is 2.36. The molecule has 20 heavy (non-hydrogen) atoms. The van der Waals surface area contributed by atoms with Gasteiger partial charge < -0.3 is 10.1 Å². The van der Waals surface area contributed by atoms with Gasteiger partial charge in [0.2, 0.25) is 0 Å². The van der Waals surface area contributed by atoms with Crippen LogP contribution >= 0.6 is 11.3 Å². The van der Waals surface area contributed by atoms with E-state index >= 15 is 0 Å². The SMILES string of the molecule is CCCNc1nc(C(CCC)OCC)nc2sccc12. The van der Waals surface area contributed by atoms with Crippen LogP contribution in [-0.4, -0.2) is 23.1 Å². The monoisotopic (exact) mass is 293 g/mol. The number of nitrogens with zero attached hydrogens (tertiary/aromatic N) is 2. The van der Waals surface area contributed by atoms with Gasteiger partial charge in [-0.1, -0.05) is 20.3 Å². The van der Waals surface area contributed by atoms with Crippen LogP contribution in [0.5, 0.6) is 0 Å². The van der Waals surface area contributed by atoms with Gasteiger partial charge >= 0.3 is 0 Å². The van der Waals surface area contributed by atoms with Crippen LogP contribution in [0.25, 0.3) is 10.2 Å². The highest BCUT2D eigenvalue weighted by Gasteiger charge is 2.17. The fraction of sp³-hybridized carbons (Fsp3) is 0.600. The van der Waals surface area contributed by atoms with Crippen molar-refractivity contribution in [2.45, 2.75) is 46.1 Å². The van der Waals surface area contributed by atoms with Crippen LogP contribution in [0.1, 0.15) is 52.0 Å². The lowest BCUT2D eigenvalue weighted by atomic mass is 10.2. The van der Waals surface area contributed by atoms with Gasteiger partial charge in [-0.2, -0.15) is 0 Å². The average molecular weight is 293 g/mol. The molecule has 1 N–H and O–H groups in total. The van der Waals surface area contributed by atoms with Crippen LogP contribution < -0.4 is 5.32 Å². The molecule has 1 atom stereocenters. The Labute approximate surface area is 124 Å². The number of hydrogen-bond acceptors (Lipinski definition) is 5. The van der Waals surface area contributed by atoms with Gasteiger partial charge in [0.05, 0.1) is 5.39 Å². The normalized spacial score (nSPS) is 12.8. The van der Waals surface area contributed by atoms with E-state index in [2.05, 4.69) is 35.6 Å². The number of hydrogen-bond donors (Lipinski definition) is 1.